The highest BCUT2D eigenvalue weighted by Gasteiger charge is 2.41. The first kappa shape index (κ1) is 18.4. The minimum atomic E-state index is -0.928. The van der Waals surface area contributed by atoms with Crippen molar-refractivity contribution in [1.82, 2.24) is 10.2 Å². The second kappa shape index (κ2) is 8.34. The predicted molar refractivity (Wildman–Crippen MR) is 96.3 cm³/mol. The first-order valence-electron chi connectivity index (χ1n) is 9.37. The number of aliphatic carboxylic acids is 1. The third-order valence-corrected chi connectivity index (χ3v) is 5.68. The Morgan fingerprint density at radius 3 is 2.23 bits per heavy atom. The van der Waals surface area contributed by atoms with E-state index in [1.54, 1.807) is 4.90 Å². The Morgan fingerprint density at radius 2 is 1.65 bits per heavy atom. The molecular formula is C20H26N2O4. The van der Waals surface area contributed by atoms with E-state index < -0.39 is 17.8 Å². The Bertz CT molecular complexity index is 653. The first-order valence-corrected chi connectivity index (χ1v) is 9.37. The maximum atomic E-state index is 12.3. The Labute approximate surface area is 153 Å². The van der Waals surface area contributed by atoms with Gasteiger partial charge in [-0.15, -0.1) is 0 Å². The molecule has 0 spiro atoms. The monoisotopic (exact) mass is 358 g/mol. The highest BCUT2D eigenvalue weighted by Crippen LogP contribution is 2.34. The molecule has 6 nitrogen and oxygen atoms in total. The zero-order chi connectivity index (χ0) is 18.5. The molecule has 26 heavy (non-hydrogen) atoms. The SMILES string of the molecule is O=C(O)C1CCC1C(=O)NCC(=O)N1CCC(Cc2ccccc2)CC1. The second-order valence-corrected chi connectivity index (χ2v) is 7.36. The summed E-state index contributed by atoms with van der Waals surface area (Å²) in [6.45, 7) is 1.39. The molecule has 0 bridgehead atoms. The largest absolute Gasteiger partial charge is 0.481 e. The summed E-state index contributed by atoms with van der Waals surface area (Å²) in [7, 11) is 0. The number of likely N-dealkylation sites (tertiary alicyclic amines) is 1. The van der Waals surface area contributed by atoms with Crippen LogP contribution >= 0.6 is 0 Å². The van der Waals surface area contributed by atoms with Gasteiger partial charge in [0.2, 0.25) is 11.8 Å². The van der Waals surface area contributed by atoms with E-state index in [1.165, 1.54) is 5.56 Å². The highest BCUT2D eigenvalue weighted by atomic mass is 16.4. The van der Waals surface area contributed by atoms with Gasteiger partial charge in [0.15, 0.2) is 0 Å². The summed E-state index contributed by atoms with van der Waals surface area (Å²) < 4.78 is 0. The molecule has 0 radical (unpaired) electrons. The van der Waals surface area contributed by atoms with E-state index in [0.717, 1.165) is 19.3 Å². The fraction of sp³-hybridized carbons (Fsp3) is 0.550. The number of amides is 2. The number of carboxylic acids is 1. The van der Waals surface area contributed by atoms with Crippen molar-refractivity contribution in [2.24, 2.45) is 17.8 Å². The van der Waals surface area contributed by atoms with E-state index in [9.17, 15) is 14.4 Å². The van der Waals surface area contributed by atoms with Gasteiger partial charge in [0.1, 0.15) is 0 Å². The van der Waals surface area contributed by atoms with Gasteiger partial charge >= 0.3 is 5.97 Å². The lowest BCUT2D eigenvalue weighted by molar-refractivity contribution is -0.152. The number of nitrogens with zero attached hydrogens (tertiary/aromatic N) is 1. The number of nitrogens with one attached hydrogen (secondary N) is 1. The van der Waals surface area contributed by atoms with Gasteiger partial charge < -0.3 is 15.3 Å². The molecule has 1 aliphatic carbocycles. The molecule has 2 fully saturated rings. The Balaban J connectivity index is 1.38. The molecule has 2 atom stereocenters. The van der Waals surface area contributed by atoms with Crippen LogP contribution in [-0.2, 0) is 20.8 Å². The molecule has 1 aromatic rings. The van der Waals surface area contributed by atoms with Crippen molar-refractivity contribution < 1.29 is 19.5 Å². The summed E-state index contributed by atoms with van der Waals surface area (Å²) in [4.78, 5) is 37.1. The molecule has 2 aliphatic rings. The molecule has 2 unspecified atom stereocenters. The van der Waals surface area contributed by atoms with Gasteiger partial charge in [-0.2, -0.15) is 0 Å². The number of rotatable bonds is 6. The van der Waals surface area contributed by atoms with Crippen molar-refractivity contribution in [2.75, 3.05) is 19.6 Å². The van der Waals surface area contributed by atoms with Crippen molar-refractivity contribution in [3.05, 3.63) is 35.9 Å². The highest BCUT2D eigenvalue weighted by molar-refractivity contribution is 5.89. The van der Waals surface area contributed by atoms with Crippen LogP contribution < -0.4 is 5.32 Å². The van der Waals surface area contributed by atoms with Gasteiger partial charge in [0.25, 0.3) is 0 Å². The topological polar surface area (TPSA) is 86.7 Å². The van der Waals surface area contributed by atoms with Crippen LogP contribution in [0.1, 0.15) is 31.2 Å². The van der Waals surface area contributed by atoms with E-state index in [2.05, 4.69) is 17.4 Å². The summed E-state index contributed by atoms with van der Waals surface area (Å²) in [5.74, 6) is -1.82. The predicted octanol–water partition coefficient (Wildman–Crippen LogP) is 1.69. The summed E-state index contributed by atoms with van der Waals surface area (Å²) in [6, 6.07) is 10.4. The lowest BCUT2D eigenvalue weighted by atomic mass is 9.73. The Kier molecular flexibility index (Phi) is 5.91. The van der Waals surface area contributed by atoms with E-state index >= 15 is 0 Å². The number of benzene rings is 1. The molecule has 1 aromatic carbocycles. The summed E-state index contributed by atoms with van der Waals surface area (Å²) >= 11 is 0. The van der Waals surface area contributed by atoms with E-state index in [1.807, 2.05) is 18.2 Å². The van der Waals surface area contributed by atoms with Gasteiger partial charge in [-0.3, -0.25) is 14.4 Å². The molecular weight excluding hydrogens is 332 g/mol. The van der Waals surface area contributed by atoms with Gasteiger partial charge in [-0.05, 0) is 43.6 Å². The number of hydrogen-bond donors (Lipinski definition) is 2. The van der Waals surface area contributed by atoms with E-state index in [4.69, 9.17) is 5.11 Å². The van der Waals surface area contributed by atoms with E-state index in [-0.39, 0.29) is 18.4 Å². The average Bonchev–Trinajstić information content (AvgIpc) is 2.60. The second-order valence-electron chi connectivity index (χ2n) is 7.36. The summed E-state index contributed by atoms with van der Waals surface area (Å²) in [5.41, 5.74) is 1.33. The zero-order valence-electron chi connectivity index (χ0n) is 14.9. The maximum Gasteiger partial charge on any atom is 0.307 e. The molecule has 1 saturated carbocycles. The Hall–Kier alpha value is -2.37. The number of carbonyl (C=O) groups is 3. The fourth-order valence-corrected chi connectivity index (χ4v) is 3.85. The zero-order valence-corrected chi connectivity index (χ0v) is 14.9. The van der Waals surface area contributed by atoms with Crippen LogP contribution in [-0.4, -0.2) is 47.4 Å². The van der Waals surface area contributed by atoms with Crippen molar-refractivity contribution in [2.45, 2.75) is 32.1 Å². The minimum Gasteiger partial charge on any atom is -0.481 e. The lowest BCUT2D eigenvalue weighted by Crippen LogP contribution is -2.48. The van der Waals surface area contributed by atoms with Gasteiger partial charge in [0.05, 0.1) is 18.4 Å². The van der Waals surface area contributed by atoms with Gasteiger partial charge in [0, 0.05) is 13.1 Å². The molecule has 2 N–H and O–H groups in total. The fourth-order valence-electron chi connectivity index (χ4n) is 3.85. The van der Waals surface area contributed by atoms with Crippen LogP contribution in [0.2, 0.25) is 0 Å². The molecule has 6 heteroatoms. The van der Waals surface area contributed by atoms with Crippen LogP contribution in [0.25, 0.3) is 0 Å². The molecule has 140 valence electrons. The normalized spacial score (nSPS) is 23.2. The third kappa shape index (κ3) is 4.42. The van der Waals surface area contributed by atoms with Gasteiger partial charge in [-0.25, -0.2) is 0 Å². The van der Waals surface area contributed by atoms with Crippen molar-refractivity contribution in [3.8, 4) is 0 Å². The maximum absolute atomic E-state index is 12.3. The molecule has 3 rings (SSSR count). The molecule has 1 heterocycles. The third-order valence-electron chi connectivity index (χ3n) is 5.68. The quantitative estimate of drug-likeness (QED) is 0.810. The first-order chi connectivity index (χ1) is 12.5. The van der Waals surface area contributed by atoms with Gasteiger partial charge in [-0.1, -0.05) is 30.3 Å². The number of carbonyl (C=O) groups excluding carboxylic acids is 2. The molecule has 0 aromatic heterocycles. The summed E-state index contributed by atoms with van der Waals surface area (Å²) in [5, 5.41) is 11.6. The molecule has 1 saturated heterocycles. The molecule has 1 aliphatic heterocycles. The smallest absolute Gasteiger partial charge is 0.307 e. The van der Waals surface area contributed by atoms with Crippen molar-refractivity contribution in [3.63, 3.8) is 0 Å². The van der Waals surface area contributed by atoms with E-state index in [0.29, 0.717) is 31.8 Å². The average molecular weight is 358 g/mol. The molecule has 2 amide bonds. The number of carboxylic acid groups (broad SMARTS) is 1. The number of hydrogen-bond acceptors (Lipinski definition) is 3. The van der Waals surface area contributed by atoms with Crippen molar-refractivity contribution in [1.29, 1.82) is 0 Å². The number of piperidine rings is 1. The standard InChI is InChI=1S/C20H26N2O4/c23-18(13-21-19(24)16-6-7-17(16)20(25)26)22-10-8-15(9-11-22)12-14-4-2-1-3-5-14/h1-5,15-17H,6-13H2,(H,21,24)(H,25,26). The minimum absolute atomic E-state index is 0.0367. The van der Waals surface area contributed by atoms with Crippen molar-refractivity contribution >= 4 is 17.8 Å². The van der Waals surface area contributed by atoms with Crippen LogP contribution in [0.5, 0.6) is 0 Å². The van der Waals surface area contributed by atoms with Crippen LogP contribution in [0, 0.1) is 17.8 Å². The van der Waals surface area contributed by atoms with Crippen LogP contribution in [0.3, 0.4) is 0 Å². The Morgan fingerprint density at radius 1 is 1.00 bits per heavy atom. The summed E-state index contributed by atoms with van der Waals surface area (Å²) in [6.07, 6.45) is 4.10. The van der Waals surface area contributed by atoms with Crippen LogP contribution in [0.15, 0.2) is 30.3 Å². The van der Waals surface area contributed by atoms with Crippen LogP contribution in [0.4, 0.5) is 0 Å². The lowest BCUT2D eigenvalue weighted by Gasteiger charge is -2.34.